The first kappa shape index (κ1) is 16.1. The quantitative estimate of drug-likeness (QED) is 0.274. The van der Waals surface area contributed by atoms with Crippen LogP contribution in [0.4, 0.5) is 27.6 Å². The Morgan fingerprint density at radius 1 is 1.00 bits per heavy atom. The fourth-order valence-electron chi connectivity index (χ4n) is 1.19. The van der Waals surface area contributed by atoms with Crippen LogP contribution in [-0.4, -0.2) is 23.1 Å². The molecule has 0 aliphatic heterocycles. The Labute approximate surface area is 115 Å². The molecule has 0 aliphatic rings. The molecule has 0 aromatic heterocycles. The van der Waals surface area contributed by atoms with E-state index in [2.05, 4.69) is 17.6 Å². The number of nitrogens with one attached hydrogen (secondary N) is 2. The third-order valence-corrected chi connectivity index (χ3v) is 2.45. The van der Waals surface area contributed by atoms with Gasteiger partial charge in [0.05, 0.1) is 0 Å². The molecule has 0 atom stereocenters. The van der Waals surface area contributed by atoms with Gasteiger partial charge in [-0.25, -0.2) is 22.0 Å². The first-order valence-corrected chi connectivity index (χ1v) is 5.41. The summed E-state index contributed by atoms with van der Waals surface area (Å²) in [5, 5.41) is 2.21. The number of hydrazine groups is 1. The van der Waals surface area contributed by atoms with Gasteiger partial charge >= 0.3 is 0 Å². The van der Waals surface area contributed by atoms with Crippen molar-refractivity contribution in [1.29, 1.82) is 0 Å². The van der Waals surface area contributed by atoms with Crippen molar-refractivity contribution in [2.45, 2.75) is 6.92 Å². The van der Waals surface area contributed by atoms with Gasteiger partial charge in [-0.15, -0.1) is 0 Å². The number of nitrogens with zero attached hydrogens (tertiary/aromatic N) is 1. The molecule has 1 rings (SSSR count). The average Bonchev–Trinajstić information content (AvgIpc) is 2.38. The van der Waals surface area contributed by atoms with Crippen molar-refractivity contribution in [3.8, 4) is 0 Å². The lowest BCUT2D eigenvalue weighted by atomic mass is 10.2. The van der Waals surface area contributed by atoms with Gasteiger partial charge in [-0.1, -0.05) is 0 Å². The van der Waals surface area contributed by atoms with Gasteiger partial charge in [-0.05, 0) is 12.2 Å². The lowest BCUT2D eigenvalue weighted by Crippen LogP contribution is -2.44. The van der Waals surface area contributed by atoms with Crippen LogP contribution >= 0.6 is 12.2 Å². The standard InChI is InChI=1S/C10H8F5N3OS/c1-3(19)17-18(2)10(20)16-9-7(14)5(12)4(11)6(13)8(9)15/h1-2H3,(H,16,20)(H,17,19). The van der Waals surface area contributed by atoms with Crippen molar-refractivity contribution in [1.82, 2.24) is 10.4 Å². The molecular weight excluding hydrogens is 305 g/mol. The summed E-state index contributed by atoms with van der Waals surface area (Å²) in [4.78, 5) is 10.7. The van der Waals surface area contributed by atoms with Gasteiger partial charge < -0.3 is 5.32 Å². The lowest BCUT2D eigenvalue weighted by Gasteiger charge is -2.21. The lowest BCUT2D eigenvalue weighted by molar-refractivity contribution is -0.121. The minimum Gasteiger partial charge on any atom is -0.326 e. The summed E-state index contributed by atoms with van der Waals surface area (Å²) in [6.45, 7) is 1.14. The Balaban J connectivity index is 3.10. The first-order chi connectivity index (χ1) is 9.16. The molecule has 0 saturated carbocycles. The highest BCUT2D eigenvalue weighted by molar-refractivity contribution is 7.80. The molecule has 1 amide bonds. The van der Waals surface area contributed by atoms with E-state index in [1.807, 2.05) is 5.32 Å². The predicted octanol–water partition coefficient (Wildman–Crippen LogP) is 2.06. The SMILES string of the molecule is CC(=O)NN(C)C(=S)Nc1c(F)c(F)c(F)c(F)c1F. The van der Waals surface area contributed by atoms with Crippen molar-refractivity contribution >= 4 is 28.9 Å². The van der Waals surface area contributed by atoms with Crippen molar-refractivity contribution in [2.75, 3.05) is 12.4 Å². The van der Waals surface area contributed by atoms with Crippen LogP contribution in [0.2, 0.25) is 0 Å². The molecule has 2 N–H and O–H groups in total. The highest BCUT2D eigenvalue weighted by Gasteiger charge is 2.26. The third-order valence-electron chi connectivity index (χ3n) is 2.07. The summed E-state index contributed by atoms with van der Waals surface area (Å²) in [6, 6.07) is 0. The fraction of sp³-hybridized carbons (Fsp3) is 0.200. The fourth-order valence-corrected chi connectivity index (χ4v) is 1.34. The van der Waals surface area contributed by atoms with Crippen molar-refractivity contribution in [2.24, 2.45) is 0 Å². The molecule has 0 aliphatic carbocycles. The highest BCUT2D eigenvalue weighted by atomic mass is 32.1. The number of rotatable bonds is 1. The van der Waals surface area contributed by atoms with Gasteiger partial charge in [-0.3, -0.25) is 15.2 Å². The van der Waals surface area contributed by atoms with E-state index in [4.69, 9.17) is 0 Å². The van der Waals surface area contributed by atoms with Crippen LogP contribution in [0.1, 0.15) is 6.92 Å². The average molecular weight is 313 g/mol. The van der Waals surface area contributed by atoms with Gasteiger partial charge in [0.2, 0.25) is 11.7 Å². The van der Waals surface area contributed by atoms with Crippen LogP contribution in [-0.2, 0) is 4.79 Å². The molecular formula is C10H8F5N3OS. The van der Waals surface area contributed by atoms with Crippen molar-refractivity contribution in [3.05, 3.63) is 29.1 Å². The van der Waals surface area contributed by atoms with E-state index in [9.17, 15) is 26.7 Å². The zero-order chi connectivity index (χ0) is 15.6. The molecule has 110 valence electrons. The van der Waals surface area contributed by atoms with Crippen molar-refractivity contribution < 1.29 is 26.7 Å². The zero-order valence-electron chi connectivity index (χ0n) is 10.2. The molecule has 0 fully saturated rings. The van der Waals surface area contributed by atoms with Gasteiger partial charge in [0.15, 0.2) is 28.4 Å². The summed E-state index contributed by atoms with van der Waals surface area (Å²) in [7, 11) is 1.21. The predicted molar refractivity (Wildman–Crippen MR) is 64.0 cm³/mol. The van der Waals surface area contributed by atoms with E-state index in [1.54, 1.807) is 0 Å². The van der Waals surface area contributed by atoms with Gasteiger partial charge in [-0.2, -0.15) is 0 Å². The molecule has 1 aromatic rings. The van der Waals surface area contributed by atoms with E-state index < -0.39 is 45.8 Å². The third kappa shape index (κ3) is 3.13. The summed E-state index contributed by atoms with van der Waals surface area (Å²) in [5.41, 5.74) is 0.824. The molecule has 0 bridgehead atoms. The number of hydrogen-bond donors (Lipinski definition) is 2. The van der Waals surface area contributed by atoms with Crippen LogP contribution in [0.15, 0.2) is 0 Å². The Morgan fingerprint density at radius 2 is 1.40 bits per heavy atom. The maximum Gasteiger partial charge on any atom is 0.235 e. The topological polar surface area (TPSA) is 44.4 Å². The molecule has 0 saturated heterocycles. The number of thiocarbonyl (C=S) groups is 1. The first-order valence-electron chi connectivity index (χ1n) is 5.00. The molecule has 4 nitrogen and oxygen atoms in total. The Morgan fingerprint density at radius 3 is 1.80 bits per heavy atom. The molecule has 1 aromatic carbocycles. The van der Waals surface area contributed by atoms with E-state index in [0.717, 1.165) is 11.9 Å². The molecule has 0 unspecified atom stereocenters. The van der Waals surface area contributed by atoms with E-state index in [-0.39, 0.29) is 0 Å². The van der Waals surface area contributed by atoms with Crippen LogP contribution in [0.25, 0.3) is 0 Å². The van der Waals surface area contributed by atoms with E-state index >= 15 is 0 Å². The summed E-state index contributed by atoms with van der Waals surface area (Å²) in [6.07, 6.45) is 0. The minimum absolute atomic E-state index is 0.469. The molecule has 0 heterocycles. The number of hydrogen-bond acceptors (Lipinski definition) is 2. The van der Waals surface area contributed by atoms with Crippen molar-refractivity contribution in [3.63, 3.8) is 0 Å². The van der Waals surface area contributed by atoms with Crippen LogP contribution < -0.4 is 10.7 Å². The monoisotopic (exact) mass is 313 g/mol. The smallest absolute Gasteiger partial charge is 0.235 e. The largest absolute Gasteiger partial charge is 0.326 e. The number of benzene rings is 1. The van der Waals surface area contributed by atoms with E-state index in [0.29, 0.717) is 0 Å². The molecule has 20 heavy (non-hydrogen) atoms. The number of amides is 1. The number of carbonyl (C=O) groups excluding carboxylic acids is 1. The summed E-state index contributed by atoms with van der Waals surface area (Å²) < 4.78 is 65.4. The Hall–Kier alpha value is -1.97. The van der Waals surface area contributed by atoms with Crippen LogP contribution in [0.3, 0.4) is 0 Å². The number of anilines is 1. The Bertz CT molecular complexity index is 551. The molecule has 0 spiro atoms. The maximum absolute atomic E-state index is 13.3. The minimum atomic E-state index is -2.27. The van der Waals surface area contributed by atoms with E-state index in [1.165, 1.54) is 7.05 Å². The highest BCUT2D eigenvalue weighted by Crippen LogP contribution is 2.27. The summed E-state index contributed by atoms with van der Waals surface area (Å²) in [5.74, 6) is -11.1. The molecule has 10 heteroatoms. The normalized spacial score (nSPS) is 10.2. The van der Waals surface area contributed by atoms with Gasteiger partial charge in [0.1, 0.15) is 5.69 Å². The zero-order valence-corrected chi connectivity index (χ0v) is 11.0. The van der Waals surface area contributed by atoms with Crippen LogP contribution in [0, 0.1) is 29.1 Å². The van der Waals surface area contributed by atoms with Crippen LogP contribution in [0.5, 0.6) is 0 Å². The second-order valence-corrected chi connectivity index (χ2v) is 3.99. The van der Waals surface area contributed by atoms with Gasteiger partial charge in [0, 0.05) is 14.0 Å². The summed E-state index contributed by atoms with van der Waals surface area (Å²) >= 11 is 4.64. The Kier molecular flexibility index (Phi) is 4.82. The second-order valence-electron chi connectivity index (χ2n) is 3.60. The molecule has 0 radical (unpaired) electrons. The number of carbonyl (C=O) groups is 1. The van der Waals surface area contributed by atoms with Gasteiger partial charge in [0.25, 0.3) is 0 Å². The second kappa shape index (κ2) is 5.99. The maximum atomic E-state index is 13.3. The number of halogens is 5.